The first-order valence-electron chi connectivity index (χ1n) is 8.46. The summed E-state index contributed by atoms with van der Waals surface area (Å²) in [6.07, 6.45) is 3.05. The number of benzene rings is 1. The van der Waals surface area contributed by atoms with Gasteiger partial charge in [0.05, 0.1) is 16.5 Å². The maximum absolute atomic E-state index is 12.8. The largest absolute Gasteiger partial charge is 0.503 e. The van der Waals surface area contributed by atoms with Gasteiger partial charge in [0.2, 0.25) is 10.0 Å². The van der Waals surface area contributed by atoms with Crippen LogP contribution in [0.3, 0.4) is 0 Å². The summed E-state index contributed by atoms with van der Waals surface area (Å²) in [5.74, 6) is -2.14. The first-order chi connectivity index (χ1) is 13.1. The molecule has 1 aromatic carbocycles. The lowest BCUT2D eigenvalue weighted by Gasteiger charge is -2.27. The summed E-state index contributed by atoms with van der Waals surface area (Å²) < 4.78 is 23.0. The number of nitrogens with two attached hydrogens (primary N) is 1. The number of anilines is 1. The molecule has 9 heteroatoms. The lowest BCUT2D eigenvalue weighted by molar-refractivity contribution is -0.119. The van der Waals surface area contributed by atoms with Gasteiger partial charge in [-0.05, 0) is 42.0 Å². The molecule has 2 aromatic rings. The van der Waals surface area contributed by atoms with Gasteiger partial charge in [-0.25, -0.2) is 13.6 Å². The van der Waals surface area contributed by atoms with E-state index in [0.717, 1.165) is 0 Å². The number of carbonyl (C=O) groups is 2. The van der Waals surface area contributed by atoms with E-state index in [1.54, 1.807) is 26.0 Å². The summed E-state index contributed by atoms with van der Waals surface area (Å²) in [6, 6.07) is 7.78. The lowest BCUT2D eigenvalue weighted by Crippen LogP contribution is -2.31. The fraction of sp³-hybridized carbons (Fsp3) is 0.211. The molecule has 1 aliphatic heterocycles. The maximum atomic E-state index is 12.8. The highest BCUT2D eigenvalue weighted by molar-refractivity contribution is 7.89. The molecule has 0 spiro atoms. The number of rotatable bonds is 5. The number of primary sulfonamides is 1. The van der Waals surface area contributed by atoms with E-state index < -0.39 is 33.6 Å². The molecular weight excluding hydrogens is 382 g/mol. The highest BCUT2D eigenvalue weighted by Gasteiger charge is 2.44. The van der Waals surface area contributed by atoms with Crippen LogP contribution in [0.4, 0.5) is 5.69 Å². The number of Topliss-reactive ketones (excluding diaryl/α,β-unsaturated/α-hetero) is 1. The van der Waals surface area contributed by atoms with Crippen LogP contribution in [0.1, 0.15) is 25.5 Å². The molecule has 3 N–H and O–H groups in total. The van der Waals surface area contributed by atoms with Gasteiger partial charge in [-0.15, -0.1) is 0 Å². The molecule has 1 aliphatic rings. The number of hydrogen-bond donors (Lipinski definition) is 2. The van der Waals surface area contributed by atoms with Crippen LogP contribution < -0.4 is 10.0 Å². The van der Waals surface area contributed by atoms with Gasteiger partial charge in [0, 0.05) is 24.0 Å². The van der Waals surface area contributed by atoms with Gasteiger partial charge in [-0.3, -0.25) is 19.5 Å². The van der Waals surface area contributed by atoms with E-state index in [1.165, 1.54) is 41.6 Å². The van der Waals surface area contributed by atoms with Crippen molar-refractivity contribution in [2.45, 2.75) is 24.8 Å². The van der Waals surface area contributed by atoms with Crippen LogP contribution >= 0.6 is 0 Å². The highest BCUT2D eigenvalue weighted by Crippen LogP contribution is 2.41. The molecule has 8 nitrogen and oxygen atoms in total. The number of sulfonamides is 1. The Morgan fingerprint density at radius 3 is 2.21 bits per heavy atom. The van der Waals surface area contributed by atoms with Crippen LogP contribution in [0.25, 0.3) is 0 Å². The maximum Gasteiger partial charge on any atom is 0.294 e. The van der Waals surface area contributed by atoms with Gasteiger partial charge in [0.25, 0.3) is 5.91 Å². The zero-order chi connectivity index (χ0) is 20.6. The minimum Gasteiger partial charge on any atom is -0.503 e. The second-order valence-corrected chi connectivity index (χ2v) is 8.24. The summed E-state index contributed by atoms with van der Waals surface area (Å²) in [6.45, 7) is 3.36. The quantitative estimate of drug-likeness (QED) is 0.786. The van der Waals surface area contributed by atoms with Crippen molar-refractivity contribution in [2.75, 3.05) is 4.90 Å². The van der Waals surface area contributed by atoms with Crippen molar-refractivity contribution >= 4 is 27.4 Å². The molecule has 0 fully saturated rings. The molecule has 0 bridgehead atoms. The highest BCUT2D eigenvalue weighted by atomic mass is 32.2. The topological polar surface area (TPSA) is 131 Å². The number of amides is 1. The SMILES string of the molecule is CC(C)C(=O)C1=C(O)C(=O)N(c2ccc(S(N)(=O)=O)cc2)C1c1ccncc1. The number of hydrogen-bond acceptors (Lipinski definition) is 6. The molecule has 2 heterocycles. The number of aliphatic hydroxyl groups excluding tert-OH is 1. The molecule has 1 aromatic heterocycles. The van der Waals surface area contributed by atoms with Crippen molar-refractivity contribution in [3.05, 3.63) is 65.7 Å². The minimum atomic E-state index is -3.89. The van der Waals surface area contributed by atoms with Crippen LogP contribution in [-0.2, 0) is 19.6 Å². The molecule has 1 unspecified atom stereocenters. The first-order valence-corrected chi connectivity index (χ1v) is 10.0. The van der Waals surface area contributed by atoms with E-state index in [2.05, 4.69) is 4.98 Å². The average Bonchev–Trinajstić information content (AvgIpc) is 2.92. The van der Waals surface area contributed by atoms with Crippen molar-refractivity contribution in [1.29, 1.82) is 0 Å². The van der Waals surface area contributed by atoms with Crippen molar-refractivity contribution in [3.8, 4) is 0 Å². The fourth-order valence-electron chi connectivity index (χ4n) is 3.09. The Balaban J connectivity index is 2.15. The van der Waals surface area contributed by atoms with Gasteiger partial charge in [0.1, 0.15) is 0 Å². The van der Waals surface area contributed by atoms with Crippen LogP contribution in [0, 0.1) is 5.92 Å². The van der Waals surface area contributed by atoms with Crippen molar-refractivity contribution in [3.63, 3.8) is 0 Å². The van der Waals surface area contributed by atoms with E-state index in [1.807, 2.05) is 0 Å². The van der Waals surface area contributed by atoms with Gasteiger partial charge in [-0.2, -0.15) is 0 Å². The van der Waals surface area contributed by atoms with Crippen LogP contribution in [0.15, 0.2) is 65.0 Å². The third kappa shape index (κ3) is 3.41. The first kappa shape index (κ1) is 19.7. The summed E-state index contributed by atoms with van der Waals surface area (Å²) in [4.78, 5) is 30.6. The van der Waals surface area contributed by atoms with Crippen molar-refractivity contribution < 1.29 is 23.1 Å². The smallest absolute Gasteiger partial charge is 0.294 e. The second-order valence-electron chi connectivity index (χ2n) is 6.68. The van der Waals surface area contributed by atoms with E-state index in [9.17, 15) is 23.1 Å². The lowest BCUT2D eigenvalue weighted by atomic mass is 9.91. The zero-order valence-electron chi connectivity index (χ0n) is 15.2. The van der Waals surface area contributed by atoms with Crippen LogP contribution in [-0.4, -0.2) is 30.2 Å². The molecular formula is C19H19N3O5S. The molecule has 0 saturated heterocycles. The van der Waals surface area contributed by atoms with Gasteiger partial charge < -0.3 is 5.11 Å². The predicted octanol–water partition coefficient (Wildman–Crippen LogP) is 1.85. The third-order valence-corrected chi connectivity index (χ3v) is 5.39. The van der Waals surface area contributed by atoms with E-state index in [-0.39, 0.29) is 16.3 Å². The zero-order valence-corrected chi connectivity index (χ0v) is 16.1. The summed E-state index contributed by atoms with van der Waals surface area (Å²) in [7, 11) is -3.89. The Hall–Kier alpha value is -3.04. The Bertz CT molecular complexity index is 1060. The average molecular weight is 401 g/mol. The van der Waals surface area contributed by atoms with Gasteiger partial charge >= 0.3 is 0 Å². The van der Waals surface area contributed by atoms with E-state index >= 15 is 0 Å². The number of carbonyl (C=O) groups excluding carboxylic acids is 2. The normalized spacial score (nSPS) is 17.5. The number of ketones is 1. The molecule has 0 aliphatic carbocycles. The molecule has 146 valence electrons. The van der Waals surface area contributed by atoms with Crippen molar-refractivity contribution in [1.82, 2.24) is 4.98 Å². The Kier molecular flexibility index (Phi) is 5.05. The number of nitrogens with zero attached hydrogens (tertiary/aromatic N) is 2. The summed E-state index contributed by atoms with van der Waals surface area (Å²) in [5, 5.41) is 15.6. The number of aliphatic hydroxyl groups is 1. The molecule has 1 atom stereocenters. The van der Waals surface area contributed by atoms with Crippen LogP contribution in [0.2, 0.25) is 0 Å². The molecule has 0 radical (unpaired) electrons. The predicted molar refractivity (Wildman–Crippen MR) is 102 cm³/mol. The fourth-order valence-corrected chi connectivity index (χ4v) is 3.61. The molecule has 0 saturated carbocycles. The van der Waals surface area contributed by atoms with Gasteiger partial charge in [0.15, 0.2) is 11.5 Å². The number of pyridine rings is 1. The van der Waals surface area contributed by atoms with Crippen molar-refractivity contribution in [2.24, 2.45) is 11.1 Å². The molecule has 3 rings (SSSR count). The van der Waals surface area contributed by atoms with E-state index in [4.69, 9.17) is 5.14 Å². The van der Waals surface area contributed by atoms with Crippen LogP contribution in [0.5, 0.6) is 0 Å². The van der Waals surface area contributed by atoms with E-state index in [0.29, 0.717) is 11.3 Å². The Morgan fingerprint density at radius 1 is 1.14 bits per heavy atom. The summed E-state index contributed by atoms with van der Waals surface area (Å²) in [5.41, 5.74) is 0.908. The van der Waals surface area contributed by atoms with Gasteiger partial charge in [-0.1, -0.05) is 13.8 Å². The Morgan fingerprint density at radius 2 is 1.71 bits per heavy atom. The molecule has 28 heavy (non-hydrogen) atoms. The molecule has 1 amide bonds. The minimum absolute atomic E-state index is 0.00160. The summed E-state index contributed by atoms with van der Waals surface area (Å²) >= 11 is 0. The standard InChI is InChI=1S/C19H19N3O5S/c1-11(2)17(23)15-16(12-7-9-21-10-8-12)22(19(25)18(15)24)13-3-5-14(6-4-13)28(20,26)27/h3-11,16,24H,1-2H3,(H2,20,26,27). The monoisotopic (exact) mass is 401 g/mol. The third-order valence-electron chi connectivity index (χ3n) is 4.46. The second kappa shape index (κ2) is 7.17. The Labute approximate surface area is 162 Å². The number of aromatic nitrogens is 1.